The summed E-state index contributed by atoms with van der Waals surface area (Å²) in [6.07, 6.45) is 0. The summed E-state index contributed by atoms with van der Waals surface area (Å²) in [6, 6.07) is 11.1. The van der Waals surface area contributed by atoms with Crippen LogP contribution in [-0.4, -0.2) is 18.0 Å². The summed E-state index contributed by atoms with van der Waals surface area (Å²) in [4.78, 5) is 15.0. The highest BCUT2D eigenvalue weighted by atomic mass is 32.1. The van der Waals surface area contributed by atoms with Crippen LogP contribution in [0.5, 0.6) is 0 Å². The molecule has 0 spiro atoms. The van der Waals surface area contributed by atoms with Crippen LogP contribution in [0.2, 0.25) is 0 Å². The molecule has 0 aliphatic heterocycles. The average molecular weight is 275 g/mol. The third-order valence-corrected chi connectivity index (χ3v) is 4.04. The number of benzene rings is 1. The molecule has 2 rings (SSSR count). The number of hydrogen-bond acceptors (Lipinski definition) is 3. The van der Waals surface area contributed by atoms with E-state index in [2.05, 4.69) is 5.32 Å². The number of nitrogens with zero attached hydrogens (tertiary/aromatic N) is 1. The molecular formula is C14H17N3OS. The van der Waals surface area contributed by atoms with Crippen LogP contribution in [-0.2, 0) is 0 Å². The number of urea groups is 1. The molecule has 0 aliphatic rings. The maximum atomic E-state index is 12.1. The Hall–Kier alpha value is -2.01. The molecule has 1 aromatic heterocycles. The van der Waals surface area contributed by atoms with Crippen LogP contribution in [0.4, 0.5) is 16.2 Å². The van der Waals surface area contributed by atoms with Gasteiger partial charge in [-0.25, -0.2) is 4.79 Å². The van der Waals surface area contributed by atoms with E-state index >= 15 is 0 Å². The summed E-state index contributed by atoms with van der Waals surface area (Å²) < 4.78 is 0. The first-order valence-electron chi connectivity index (χ1n) is 6.00. The maximum absolute atomic E-state index is 12.1. The summed E-state index contributed by atoms with van der Waals surface area (Å²) in [5.74, 6) is 0. The van der Waals surface area contributed by atoms with Crippen molar-refractivity contribution >= 4 is 28.7 Å². The Kier molecular flexibility index (Phi) is 4.06. The predicted octanol–water partition coefficient (Wildman–Crippen LogP) is 3.56. The molecule has 19 heavy (non-hydrogen) atoms. The molecule has 0 fully saturated rings. The number of anilines is 2. The molecule has 100 valence electrons. The number of amides is 2. The first-order chi connectivity index (χ1) is 9.08. The largest absolute Gasteiger partial charge is 0.399 e. The van der Waals surface area contributed by atoms with E-state index in [1.54, 1.807) is 35.4 Å². The van der Waals surface area contributed by atoms with Crippen molar-refractivity contribution in [2.24, 2.45) is 0 Å². The number of thiophene rings is 1. The van der Waals surface area contributed by atoms with Crippen molar-refractivity contribution in [2.75, 3.05) is 18.1 Å². The van der Waals surface area contributed by atoms with Gasteiger partial charge in [0.25, 0.3) is 0 Å². The normalized spacial score (nSPS) is 11.9. The lowest BCUT2D eigenvalue weighted by molar-refractivity contribution is 0.209. The summed E-state index contributed by atoms with van der Waals surface area (Å²) in [6.45, 7) is 2.00. The number of carbonyl (C=O) groups excluding carboxylic acids is 1. The van der Waals surface area contributed by atoms with Gasteiger partial charge in [-0.3, -0.25) is 0 Å². The Bertz CT molecular complexity index is 554. The molecule has 0 aliphatic carbocycles. The number of hydrogen-bond donors (Lipinski definition) is 2. The van der Waals surface area contributed by atoms with Crippen molar-refractivity contribution < 1.29 is 4.79 Å². The second kappa shape index (κ2) is 5.75. The highest BCUT2D eigenvalue weighted by molar-refractivity contribution is 7.10. The molecule has 0 bridgehead atoms. The molecule has 1 atom stereocenters. The van der Waals surface area contributed by atoms with Crippen LogP contribution in [0.1, 0.15) is 17.8 Å². The smallest absolute Gasteiger partial charge is 0.322 e. The molecule has 1 unspecified atom stereocenters. The molecule has 3 N–H and O–H groups in total. The number of nitrogens with two attached hydrogens (primary N) is 1. The summed E-state index contributed by atoms with van der Waals surface area (Å²) in [5, 5.41) is 4.85. The van der Waals surface area contributed by atoms with E-state index in [0.29, 0.717) is 11.4 Å². The lowest BCUT2D eigenvalue weighted by Gasteiger charge is -2.24. The Morgan fingerprint density at radius 1 is 1.37 bits per heavy atom. The maximum Gasteiger partial charge on any atom is 0.322 e. The molecule has 1 aromatic carbocycles. The fourth-order valence-electron chi connectivity index (χ4n) is 1.72. The first-order valence-corrected chi connectivity index (χ1v) is 6.88. The monoisotopic (exact) mass is 275 g/mol. The lowest BCUT2D eigenvalue weighted by atomic mass is 10.2. The van der Waals surface area contributed by atoms with E-state index in [1.165, 1.54) is 0 Å². The molecule has 2 aromatic rings. The van der Waals surface area contributed by atoms with Crippen LogP contribution < -0.4 is 11.1 Å². The average Bonchev–Trinajstić information content (AvgIpc) is 2.90. The summed E-state index contributed by atoms with van der Waals surface area (Å²) in [7, 11) is 1.78. The van der Waals surface area contributed by atoms with E-state index in [-0.39, 0.29) is 12.1 Å². The van der Waals surface area contributed by atoms with Crippen molar-refractivity contribution in [1.82, 2.24) is 4.90 Å². The molecule has 4 nitrogen and oxygen atoms in total. The minimum atomic E-state index is -0.147. The fraction of sp³-hybridized carbons (Fsp3) is 0.214. The minimum Gasteiger partial charge on any atom is -0.399 e. The lowest BCUT2D eigenvalue weighted by Crippen LogP contribution is -2.33. The van der Waals surface area contributed by atoms with Gasteiger partial charge in [0, 0.05) is 23.3 Å². The zero-order valence-corrected chi connectivity index (χ0v) is 11.8. The SMILES string of the molecule is CC(c1cccs1)N(C)C(=O)Nc1cccc(N)c1. The number of carbonyl (C=O) groups is 1. The second-order valence-electron chi connectivity index (χ2n) is 4.36. The molecule has 5 heteroatoms. The standard InChI is InChI=1S/C14H17N3OS/c1-10(13-7-4-8-19-13)17(2)14(18)16-12-6-3-5-11(15)9-12/h3-10H,15H2,1-2H3,(H,16,18). The van der Waals surface area contributed by atoms with Gasteiger partial charge < -0.3 is 16.0 Å². The number of nitrogen functional groups attached to an aromatic ring is 1. The van der Waals surface area contributed by atoms with Crippen molar-refractivity contribution in [3.63, 3.8) is 0 Å². The van der Waals surface area contributed by atoms with E-state index < -0.39 is 0 Å². The van der Waals surface area contributed by atoms with E-state index in [0.717, 1.165) is 4.88 Å². The molecule has 0 saturated heterocycles. The van der Waals surface area contributed by atoms with Gasteiger partial charge in [-0.05, 0) is 36.6 Å². The van der Waals surface area contributed by atoms with E-state index in [9.17, 15) is 4.79 Å². The highest BCUT2D eigenvalue weighted by Crippen LogP contribution is 2.24. The Balaban J connectivity index is 2.03. The highest BCUT2D eigenvalue weighted by Gasteiger charge is 2.18. The zero-order chi connectivity index (χ0) is 13.8. The van der Waals surface area contributed by atoms with Crippen molar-refractivity contribution in [3.8, 4) is 0 Å². The van der Waals surface area contributed by atoms with E-state index in [1.807, 2.05) is 36.6 Å². The van der Waals surface area contributed by atoms with Gasteiger partial charge in [0.05, 0.1) is 6.04 Å². The van der Waals surface area contributed by atoms with Gasteiger partial charge in [0.1, 0.15) is 0 Å². The second-order valence-corrected chi connectivity index (χ2v) is 5.34. The minimum absolute atomic E-state index is 0.0426. The first kappa shape index (κ1) is 13.4. The topological polar surface area (TPSA) is 58.4 Å². The van der Waals surface area contributed by atoms with Crippen LogP contribution in [0.15, 0.2) is 41.8 Å². The Morgan fingerprint density at radius 3 is 2.79 bits per heavy atom. The quantitative estimate of drug-likeness (QED) is 0.841. The van der Waals surface area contributed by atoms with Crippen LogP contribution in [0, 0.1) is 0 Å². The van der Waals surface area contributed by atoms with Crippen LogP contribution >= 0.6 is 11.3 Å². The van der Waals surface area contributed by atoms with Gasteiger partial charge in [-0.1, -0.05) is 12.1 Å². The molecule has 0 radical (unpaired) electrons. The fourth-order valence-corrected chi connectivity index (χ4v) is 2.55. The number of nitrogens with one attached hydrogen (secondary N) is 1. The van der Waals surface area contributed by atoms with Gasteiger partial charge in [0.15, 0.2) is 0 Å². The zero-order valence-electron chi connectivity index (χ0n) is 11.0. The van der Waals surface area contributed by atoms with Gasteiger partial charge >= 0.3 is 6.03 Å². The van der Waals surface area contributed by atoms with Gasteiger partial charge in [-0.2, -0.15) is 0 Å². The van der Waals surface area contributed by atoms with Crippen LogP contribution in [0.25, 0.3) is 0 Å². The van der Waals surface area contributed by atoms with Crippen molar-refractivity contribution in [3.05, 3.63) is 46.7 Å². The predicted molar refractivity (Wildman–Crippen MR) is 80.4 cm³/mol. The molecule has 2 amide bonds. The van der Waals surface area contributed by atoms with Crippen molar-refractivity contribution in [1.29, 1.82) is 0 Å². The third-order valence-electron chi connectivity index (χ3n) is 2.99. The van der Waals surface area contributed by atoms with Gasteiger partial charge in [0.2, 0.25) is 0 Å². The molecule has 0 saturated carbocycles. The molecular weight excluding hydrogens is 258 g/mol. The summed E-state index contributed by atoms with van der Waals surface area (Å²) >= 11 is 1.64. The Morgan fingerprint density at radius 2 is 2.16 bits per heavy atom. The van der Waals surface area contributed by atoms with E-state index in [4.69, 9.17) is 5.73 Å². The number of rotatable bonds is 3. The van der Waals surface area contributed by atoms with Gasteiger partial charge in [-0.15, -0.1) is 11.3 Å². The summed E-state index contributed by atoms with van der Waals surface area (Å²) in [5.41, 5.74) is 7.02. The Labute approximate surface area is 116 Å². The van der Waals surface area contributed by atoms with Crippen LogP contribution in [0.3, 0.4) is 0 Å². The molecule has 1 heterocycles. The van der Waals surface area contributed by atoms with Crippen molar-refractivity contribution in [2.45, 2.75) is 13.0 Å². The third kappa shape index (κ3) is 3.26.